The summed E-state index contributed by atoms with van der Waals surface area (Å²) >= 11 is 3.16. The lowest BCUT2D eigenvalue weighted by atomic mass is 10.3. The van der Waals surface area contributed by atoms with E-state index in [4.69, 9.17) is 14.9 Å². The van der Waals surface area contributed by atoms with E-state index in [2.05, 4.69) is 15.9 Å². The first kappa shape index (κ1) is 9.54. The minimum atomic E-state index is -0.415. The molecule has 76 valence electrons. The lowest BCUT2D eigenvalue weighted by Gasteiger charge is -2.16. The first-order valence-electron chi connectivity index (χ1n) is 4.13. The Morgan fingerprint density at radius 2 is 2.43 bits per heavy atom. The van der Waals surface area contributed by atoms with Crippen LogP contribution in [0.15, 0.2) is 21.2 Å². The Bertz CT molecular complexity index is 352. The fourth-order valence-electron chi connectivity index (χ4n) is 1.34. The van der Waals surface area contributed by atoms with E-state index in [-0.39, 0.29) is 6.04 Å². The van der Waals surface area contributed by atoms with Crippen LogP contribution in [0.4, 0.5) is 10.7 Å². The molecular weight excluding hydrogens is 252 g/mol. The molecule has 0 radical (unpaired) electrons. The molecule has 6 heteroatoms. The highest BCUT2D eigenvalue weighted by molar-refractivity contribution is 9.10. The zero-order valence-corrected chi connectivity index (χ0v) is 8.86. The normalized spacial score (nSPS) is 21.4. The van der Waals surface area contributed by atoms with E-state index < -0.39 is 6.09 Å². The quantitative estimate of drug-likeness (QED) is 0.871. The highest BCUT2D eigenvalue weighted by Gasteiger charge is 2.35. The van der Waals surface area contributed by atoms with E-state index in [0.29, 0.717) is 23.7 Å². The predicted octanol–water partition coefficient (Wildman–Crippen LogP) is 1.33. The Morgan fingerprint density at radius 3 is 3.00 bits per heavy atom. The second-order valence-electron chi connectivity index (χ2n) is 2.91. The van der Waals surface area contributed by atoms with Crippen molar-refractivity contribution in [3.63, 3.8) is 0 Å². The molecule has 1 amide bonds. The molecule has 0 bridgehead atoms. The number of nitrogens with two attached hydrogens (primary N) is 1. The summed E-state index contributed by atoms with van der Waals surface area (Å²) in [5, 5.41) is 0. The van der Waals surface area contributed by atoms with Crippen molar-refractivity contribution in [1.29, 1.82) is 0 Å². The summed E-state index contributed by atoms with van der Waals surface area (Å²) in [5.41, 5.74) is 5.50. The van der Waals surface area contributed by atoms with Crippen molar-refractivity contribution in [2.75, 3.05) is 18.1 Å². The smallest absolute Gasteiger partial charge is 0.417 e. The number of rotatable bonds is 2. The van der Waals surface area contributed by atoms with Crippen molar-refractivity contribution >= 4 is 27.9 Å². The van der Waals surface area contributed by atoms with Gasteiger partial charge in [0.1, 0.15) is 6.61 Å². The molecule has 1 atom stereocenters. The zero-order valence-electron chi connectivity index (χ0n) is 7.27. The molecule has 1 unspecified atom stereocenters. The number of ether oxygens (including phenoxy) is 1. The number of anilines is 1. The SMILES string of the molecule is NCC1COC(=O)N1c1ccc(Br)o1. The van der Waals surface area contributed by atoms with Crippen LogP contribution in [0.1, 0.15) is 0 Å². The number of nitrogens with zero attached hydrogens (tertiary/aromatic N) is 1. The first-order chi connectivity index (χ1) is 6.72. The Balaban J connectivity index is 2.27. The predicted molar refractivity (Wildman–Crippen MR) is 53.1 cm³/mol. The van der Waals surface area contributed by atoms with E-state index in [9.17, 15) is 4.79 Å². The fourth-order valence-corrected chi connectivity index (χ4v) is 1.64. The molecule has 1 fully saturated rings. The number of cyclic esters (lactones) is 1. The number of halogens is 1. The molecule has 2 rings (SSSR count). The topological polar surface area (TPSA) is 68.7 Å². The van der Waals surface area contributed by atoms with Gasteiger partial charge in [0.15, 0.2) is 4.67 Å². The summed E-state index contributed by atoms with van der Waals surface area (Å²) in [7, 11) is 0. The molecular formula is C8H9BrN2O3. The summed E-state index contributed by atoms with van der Waals surface area (Å²) in [5.74, 6) is 0.454. The maximum atomic E-state index is 11.3. The number of furan rings is 1. The Hall–Kier alpha value is -1.01. The van der Waals surface area contributed by atoms with Gasteiger partial charge in [-0.05, 0) is 22.0 Å². The van der Waals surface area contributed by atoms with Crippen molar-refractivity contribution in [3.05, 3.63) is 16.8 Å². The van der Waals surface area contributed by atoms with Gasteiger partial charge in [-0.1, -0.05) is 0 Å². The van der Waals surface area contributed by atoms with E-state index in [1.54, 1.807) is 12.1 Å². The molecule has 1 aromatic rings. The largest absolute Gasteiger partial charge is 0.447 e. The standard InChI is InChI=1S/C8H9BrN2O3/c9-6-1-2-7(14-6)11-5(3-10)4-13-8(11)12/h1-2,5H,3-4,10H2. The van der Waals surface area contributed by atoms with Crippen LogP contribution in [0.25, 0.3) is 0 Å². The van der Waals surface area contributed by atoms with Gasteiger partial charge in [-0.3, -0.25) is 0 Å². The number of carbonyl (C=O) groups excluding carboxylic acids is 1. The van der Waals surface area contributed by atoms with E-state index >= 15 is 0 Å². The molecule has 1 saturated heterocycles. The van der Waals surface area contributed by atoms with Crippen LogP contribution in [0, 0.1) is 0 Å². The molecule has 2 heterocycles. The Labute approximate surface area is 88.9 Å². The van der Waals surface area contributed by atoms with E-state index in [1.165, 1.54) is 4.90 Å². The zero-order chi connectivity index (χ0) is 10.1. The Kier molecular flexibility index (Phi) is 2.47. The third-order valence-corrected chi connectivity index (χ3v) is 2.46. The molecule has 0 aromatic carbocycles. The van der Waals surface area contributed by atoms with Gasteiger partial charge in [0.2, 0.25) is 5.88 Å². The number of hydrogen-bond acceptors (Lipinski definition) is 4. The molecule has 1 aliphatic rings. The van der Waals surface area contributed by atoms with Crippen LogP contribution < -0.4 is 10.6 Å². The first-order valence-corrected chi connectivity index (χ1v) is 4.93. The van der Waals surface area contributed by atoms with Gasteiger partial charge >= 0.3 is 6.09 Å². The molecule has 1 aliphatic heterocycles. The highest BCUT2D eigenvalue weighted by Crippen LogP contribution is 2.27. The second kappa shape index (κ2) is 3.62. The van der Waals surface area contributed by atoms with Crippen molar-refractivity contribution in [3.8, 4) is 0 Å². The minimum absolute atomic E-state index is 0.138. The average molecular weight is 261 g/mol. The van der Waals surface area contributed by atoms with Crippen LogP contribution in [0.3, 0.4) is 0 Å². The van der Waals surface area contributed by atoms with Gasteiger partial charge < -0.3 is 14.9 Å². The van der Waals surface area contributed by atoms with Crippen LogP contribution in [-0.2, 0) is 4.74 Å². The monoisotopic (exact) mass is 260 g/mol. The van der Waals surface area contributed by atoms with Crippen molar-refractivity contribution in [2.45, 2.75) is 6.04 Å². The molecule has 1 aromatic heterocycles. The van der Waals surface area contributed by atoms with Gasteiger partial charge in [0.05, 0.1) is 6.04 Å². The molecule has 0 spiro atoms. The second-order valence-corrected chi connectivity index (χ2v) is 3.70. The van der Waals surface area contributed by atoms with Crippen LogP contribution in [0.5, 0.6) is 0 Å². The lowest BCUT2D eigenvalue weighted by Crippen LogP contribution is -2.38. The third kappa shape index (κ3) is 1.51. The summed E-state index contributed by atoms with van der Waals surface area (Å²) in [6, 6.07) is 3.27. The summed E-state index contributed by atoms with van der Waals surface area (Å²) in [4.78, 5) is 12.7. The van der Waals surface area contributed by atoms with Crippen LogP contribution >= 0.6 is 15.9 Å². The Morgan fingerprint density at radius 1 is 1.64 bits per heavy atom. The van der Waals surface area contributed by atoms with Crippen LogP contribution in [0.2, 0.25) is 0 Å². The van der Waals surface area contributed by atoms with Crippen molar-refractivity contribution < 1.29 is 13.9 Å². The summed E-state index contributed by atoms with van der Waals surface area (Å²) in [6.07, 6.45) is -0.415. The maximum absolute atomic E-state index is 11.3. The van der Waals surface area contributed by atoms with Gasteiger partial charge in [-0.15, -0.1) is 0 Å². The average Bonchev–Trinajstić information content (AvgIpc) is 2.71. The van der Waals surface area contributed by atoms with Gasteiger partial charge in [0.25, 0.3) is 0 Å². The number of amides is 1. The van der Waals surface area contributed by atoms with Crippen molar-refractivity contribution in [2.24, 2.45) is 5.73 Å². The van der Waals surface area contributed by atoms with Gasteiger partial charge in [-0.25, -0.2) is 9.69 Å². The maximum Gasteiger partial charge on any atom is 0.417 e. The molecule has 0 saturated carbocycles. The van der Waals surface area contributed by atoms with Gasteiger partial charge in [0, 0.05) is 12.6 Å². The van der Waals surface area contributed by atoms with E-state index in [0.717, 1.165) is 0 Å². The number of carbonyl (C=O) groups is 1. The highest BCUT2D eigenvalue weighted by atomic mass is 79.9. The molecule has 5 nitrogen and oxygen atoms in total. The lowest BCUT2D eigenvalue weighted by molar-refractivity contribution is 0.178. The van der Waals surface area contributed by atoms with Gasteiger partial charge in [-0.2, -0.15) is 0 Å². The minimum Gasteiger partial charge on any atom is -0.447 e. The fraction of sp³-hybridized carbons (Fsp3) is 0.375. The molecule has 0 aliphatic carbocycles. The van der Waals surface area contributed by atoms with Crippen molar-refractivity contribution in [1.82, 2.24) is 0 Å². The van der Waals surface area contributed by atoms with Crippen LogP contribution in [-0.4, -0.2) is 25.3 Å². The number of hydrogen-bond donors (Lipinski definition) is 1. The third-order valence-electron chi connectivity index (χ3n) is 2.03. The summed E-state index contributed by atoms with van der Waals surface area (Å²) < 4.78 is 10.7. The summed E-state index contributed by atoms with van der Waals surface area (Å²) in [6.45, 7) is 0.664. The molecule has 14 heavy (non-hydrogen) atoms. The molecule has 2 N–H and O–H groups in total. The van der Waals surface area contributed by atoms with E-state index in [1.807, 2.05) is 0 Å².